The molecule has 0 saturated heterocycles. The van der Waals surface area contributed by atoms with Gasteiger partial charge in [0.2, 0.25) is 0 Å². The van der Waals surface area contributed by atoms with E-state index in [0.717, 1.165) is 20.8 Å². The summed E-state index contributed by atoms with van der Waals surface area (Å²) in [5.74, 6) is -0.879. The highest BCUT2D eigenvalue weighted by atomic mass is 32.2. The maximum Gasteiger partial charge on any atom is 0.329 e. The van der Waals surface area contributed by atoms with Crippen molar-refractivity contribution in [3.8, 4) is 0 Å². The second-order valence-electron chi connectivity index (χ2n) is 6.99. The number of rotatable bonds is 6. The van der Waals surface area contributed by atoms with Gasteiger partial charge in [0.25, 0.3) is 5.91 Å². The highest BCUT2D eigenvalue weighted by Crippen LogP contribution is 2.36. The van der Waals surface area contributed by atoms with Crippen molar-refractivity contribution in [1.29, 1.82) is 0 Å². The number of imidazole rings is 1. The van der Waals surface area contributed by atoms with Gasteiger partial charge in [-0.1, -0.05) is 36.0 Å². The Hall–Kier alpha value is -3.32. The van der Waals surface area contributed by atoms with Gasteiger partial charge in [-0.2, -0.15) is 0 Å². The molecule has 0 aliphatic rings. The van der Waals surface area contributed by atoms with Crippen LogP contribution >= 0.6 is 11.8 Å². The Kier molecular flexibility index (Phi) is 5.95. The molecular weight excluding hydrogens is 413 g/mol. The van der Waals surface area contributed by atoms with Gasteiger partial charge in [0.1, 0.15) is 5.82 Å². The van der Waals surface area contributed by atoms with Crippen molar-refractivity contribution >= 4 is 34.4 Å². The first-order valence-corrected chi connectivity index (χ1v) is 10.9. The Bertz CT molecular complexity index is 1310. The molecule has 4 aromatic rings. The van der Waals surface area contributed by atoms with E-state index in [0.29, 0.717) is 18.8 Å². The van der Waals surface area contributed by atoms with Crippen LogP contribution in [0, 0.1) is 5.82 Å². The summed E-state index contributed by atoms with van der Waals surface area (Å²) in [6, 6.07) is 19.1. The minimum Gasteiger partial charge on any atom is -0.321 e. The molecule has 1 aromatic heterocycles. The number of benzene rings is 3. The highest BCUT2D eigenvalue weighted by molar-refractivity contribution is 7.99. The molecule has 31 heavy (non-hydrogen) atoms. The second-order valence-corrected chi connectivity index (χ2v) is 8.10. The lowest BCUT2D eigenvalue weighted by Crippen LogP contribution is -2.23. The number of hydrogen-bond donors (Lipinski definition) is 1. The van der Waals surface area contributed by atoms with Crippen LogP contribution < -0.4 is 11.0 Å². The SMILES string of the molecule is CCn1c(=O)n(CC)c2cc(Sc3ccccc3)c(NC(=O)c3cccc(F)c3)cc21. The van der Waals surface area contributed by atoms with Gasteiger partial charge in [-0.25, -0.2) is 9.18 Å². The second kappa shape index (κ2) is 8.81. The molecule has 7 heteroatoms. The summed E-state index contributed by atoms with van der Waals surface area (Å²) in [5.41, 5.74) is 2.29. The lowest BCUT2D eigenvalue weighted by molar-refractivity contribution is 0.102. The molecule has 0 aliphatic heterocycles. The van der Waals surface area contributed by atoms with Crippen LogP contribution in [0.1, 0.15) is 24.2 Å². The fraction of sp³-hybridized carbons (Fsp3) is 0.167. The summed E-state index contributed by atoms with van der Waals surface area (Å²) in [7, 11) is 0. The smallest absolute Gasteiger partial charge is 0.321 e. The molecule has 0 bridgehead atoms. The van der Waals surface area contributed by atoms with E-state index in [4.69, 9.17) is 0 Å². The largest absolute Gasteiger partial charge is 0.329 e. The molecule has 3 aromatic carbocycles. The van der Waals surface area contributed by atoms with Gasteiger partial charge in [-0.15, -0.1) is 0 Å². The molecule has 0 atom stereocenters. The number of anilines is 1. The van der Waals surface area contributed by atoms with Crippen molar-refractivity contribution in [1.82, 2.24) is 9.13 Å². The molecule has 1 heterocycles. The Labute approximate surface area is 183 Å². The number of halogens is 1. The third-order valence-electron chi connectivity index (χ3n) is 5.06. The van der Waals surface area contributed by atoms with E-state index in [1.807, 2.05) is 56.3 Å². The Morgan fingerprint density at radius 3 is 2.26 bits per heavy atom. The molecule has 1 amide bonds. The lowest BCUT2D eigenvalue weighted by atomic mass is 10.2. The number of carbonyl (C=O) groups is 1. The van der Waals surface area contributed by atoms with E-state index in [2.05, 4.69) is 5.32 Å². The molecular formula is C24H22FN3O2S. The number of carbonyl (C=O) groups excluding carboxylic acids is 1. The van der Waals surface area contributed by atoms with Gasteiger partial charge in [-0.05, 0) is 56.3 Å². The zero-order valence-electron chi connectivity index (χ0n) is 17.3. The summed E-state index contributed by atoms with van der Waals surface area (Å²) >= 11 is 1.50. The van der Waals surface area contributed by atoms with Gasteiger partial charge in [0.05, 0.1) is 16.7 Å². The van der Waals surface area contributed by atoms with E-state index >= 15 is 0 Å². The Morgan fingerprint density at radius 2 is 1.61 bits per heavy atom. The molecule has 1 N–H and O–H groups in total. The average Bonchev–Trinajstić information content (AvgIpc) is 3.03. The molecule has 0 saturated carbocycles. The molecule has 4 rings (SSSR count). The monoisotopic (exact) mass is 435 g/mol. The standard InChI is InChI=1S/C24H22FN3O2S/c1-3-27-20-14-19(26-23(29)16-9-8-10-17(25)13-16)22(31-18-11-6-5-7-12-18)15-21(20)28(4-2)24(27)30/h5-15H,3-4H2,1-2H3,(H,26,29). The molecule has 5 nitrogen and oxygen atoms in total. The minimum atomic E-state index is -0.471. The van der Waals surface area contributed by atoms with Gasteiger partial charge in [0, 0.05) is 28.4 Å². The highest BCUT2D eigenvalue weighted by Gasteiger charge is 2.17. The lowest BCUT2D eigenvalue weighted by Gasteiger charge is -2.13. The van der Waals surface area contributed by atoms with E-state index in [-0.39, 0.29) is 11.3 Å². The van der Waals surface area contributed by atoms with Crippen LogP contribution in [0.15, 0.2) is 81.3 Å². The zero-order valence-corrected chi connectivity index (χ0v) is 18.1. The van der Waals surface area contributed by atoms with Gasteiger partial charge in [-0.3, -0.25) is 13.9 Å². The summed E-state index contributed by atoms with van der Waals surface area (Å²) in [4.78, 5) is 27.4. The van der Waals surface area contributed by atoms with Crippen LogP contribution in [0.25, 0.3) is 11.0 Å². The zero-order chi connectivity index (χ0) is 22.0. The van der Waals surface area contributed by atoms with Crippen LogP contribution in [-0.2, 0) is 13.1 Å². The van der Waals surface area contributed by atoms with Gasteiger partial charge < -0.3 is 5.32 Å². The van der Waals surface area contributed by atoms with E-state index in [9.17, 15) is 14.0 Å². The average molecular weight is 436 g/mol. The Morgan fingerprint density at radius 1 is 0.935 bits per heavy atom. The van der Waals surface area contributed by atoms with Crippen molar-refractivity contribution in [3.05, 3.63) is 88.6 Å². The van der Waals surface area contributed by atoms with E-state index in [1.165, 1.54) is 30.0 Å². The van der Waals surface area contributed by atoms with Crippen molar-refractivity contribution in [2.24, 2.45) is 0 Å². The summed E-state index contributed by atoms with van der Waals surface area (Å²) in [5, 5.41) is 2.91. The summed E-state index contributed by atoms with van der Waals surface area (Å²) in [6.45, 7) is 4.92. The maximum absolute atomic E-state index is 13.6. The normalized spacial score (nSPS) is 11.1. The quantitative estimate of drug-likeness (QED) is 0.442. The Balaban J connectivity index is 1.85. The minimum absolute atomic E-state index is 0.0794. The van der Waals surface area contributed by atoms with Crippen molar-refractivity contribution < 1.29 is 9.18 Å². The van der Waals surface area contributed by atoms with Crippen LogP contribution in [0.2, 0.25) is 0 Å². The molecule has 0 unspecified atom stereocenters. The van der Waals surface area contributed by atoms with Crippen molar-refractivity contribution in [2.75, 3.05) is 5.32 Å². The first kappa shape index (κ1) is 20.9. The molecule has 0 aliphatic carbocycles. The predicted octanol–water partition coefficient (Wildman–Crippen LogP) is 5.39. The van der Waals surface area contributed by atoms with Crippen LogP contribution in [0.4, 0.5) is 10.1 Å². The van der Waals surface area contributed by atoms with Gasteiger partial charge in [0.15, 0.2) is 0 Å². The van der Waals surface area contributed by atoms with Crippen LogP contribution in [0.5, 0.6) is 0 Å². The molecule has 0 spiro atoms. The first-order chi connectivity index (χ1) is 15.0. The van der Waals surface area contributed by atoms with Crippen molar-refractivity contribution in [2.45, 2.75) is 36.7 Å². The van der Waals surface area contributed by atoms with Crippen molar-refractivity contribution in [3.63, 3.8) is 0 Å². The third-order valence-corrected chi connectivity index (χ3v) is 6.12. The fourth-order valence-electron chi connectivity index (χ4n) is 3.57. The van der Waals surface area contributed by atoms with E-state index < -0.39 is 11.7 Å². The number of aryl methyl sites for hydroxylation is 2. The summed E-state index contributed by atoms with van der Waals surface area (Å²) < 4.78 is 17.0. The number of nitrogens with one attached hydrogen (secondary N) is 1. The van der Waals surface area contributed by atoms with E-state index in [1.54, 1.807) is 15.2 Å². The third kappa shape index (κ3) is 4.14. The maximum atomic E-state index is 13.6. The molecule has 0 fully saturated rings. The van der Waals surface area contributed by atoms with Crippen LogP contribution in [0.3, 0.4) is 0 Å². The number of amides is 1. The van der Waals surface area contributed by atoms with Crippen LogP contribution in [-0.4, -0.2) is 15.0 Å². The number of aromatic nitrogens is 2. The number of hydrogen-bond acceptors (Lipinski definition) is 3. The number of nitrogens with zero attached hydrogens (tertiary/aromatic N) is 2. The topological polar surface area (TPSA) is 56.0 Å². The number of fused-ring (bicyclic) bond motifs is 1. The molecule has 0 radical (unpaired) electrons. The predicted molar refractivity (Wildman–Crippen MR) is 122 cm³/mol. The fourth-order valence-corrected chi connectivity index (χ4v) is 4.51. The summed E-state index contributed by atoms with van der Waals surface area (Å²) in [6.07, 6.45) is 0. The van der Waals surface area contributed by atoms with Gasteiger partial charge >= 0.3 is 5.69 Å². The molecule has 158 valence electrons. The first-order valence-electron chi connectivity index (χ1n) is 10.1.